The highest BCUT2D eigenvalue weighted by Crippen LogP contribution is 2.17. The lowest BCUT2D eigenvalue weighted by atomic mass is 10.2. The number of hydrogen-bond donors (Lipinski definition) is 3. The molecule has 1 aliphatic rings. The van der Waals surface area contributed by atoms with E-state index in [1.165, 1.54) is 25.7 Å². The first-order chi connectivity index (χ1) is 16.6. The molecule has 7 nitrogen and oxygen atoms in total. The van der Waals surface area contributed by atoms with Crippen molar-refractivity contribution in [2.24, 2.45) is 0 Å². The van der Waals surface area contributed by atoms with Gasteiger partial charge in [-0.2, -0.15) is 0 Å². The smallest absolute Gasteiger partial charge is 0.251 e. The highest BCUT2D eigenvalue weighted by Gasteiger charge is 2.16. The summed E-state index contributed by atoms with van der Waals surface area (Å²) >= 11 is 0. The molecule has 2 aromatic carbocycles. The molecule has 0 saturated carbocycles. The van der Waals surface area contributed by atoms with E-state index in [4.69, 9.17) is 9.47 Å². The topological polar surface area (TPSA) is 88.7 Å². The molecule has 7 heteroatoms. The number of carbonyl (C=O) groups excluding carboxylic acids is 2. The van der Waals surface area contributed by atoms with Crippen LogP contribution >= 0.6 is 0 Å². The molecule has 2 amide bonds. The molecular weight excluding hydrogens is 430 g/mol. The van der Waals surface area contributed by atoms with Crippen LogP contribution in [0.25, 0.3) is 0 Å². The van der Waals surface area contributed by atoms with Gasteiger partial charge >= 0.3 is 0 Å². The van der Waals surface area contributed by atoms with E-state index in [1.807, 2.05) is 24.3 Å². The van der Waals surface area contributed by atoms with Gasteiger partial charge in [0.1, 0.15) is 5.75 Å². The number of nitrogens with one attached hydrogen (secondary N) is 3. The van der Waals surface area contributed by atoms with E-state index in [0.29, 0.717) is 17.8 Å². The van der Waals surface area contributed by atoms with Crippen LogP contribution in [-0.2, 0) is 9.53 Å². The SMILES string of the molecule is CCCCCCCOc1ccc(NCC(=O)Nc2ccc(C(=O)NCC3CCCO3)cc2)cc1. The second kappa shape index (κ2) is 14.3. The zero-order chi connectivity index (χ0) is 24.0. The number of carbonyl (C=O) groups is 2. The normalized spacial score (nSPS) is 15.0. The Morgan fingerprint density at radius 2 is 1.71 bits per heavy atom. The van der Waals surface area contributed by atoms with Crippen molar-refractivity contribution in [2.45, 2.75) is 58.0 Å². The lowest BCUT2D eigenvalue weighted by Gasteiger charge is -2.11. The summed E-state index contributed by atoms with van der Waals surface area (Å²) in [6.45, 7) is 4.37. The van der Waals surface area contributed by atoms with Gasteiger partial charge in [0.25, 0.3) is 5.91 Å². The molecule has 0 aliphatic carbocycles. The van der Waals surface area contributed by atoms with Gasteiger partial charge in [0.05, 0.1) is 19.3 Å². The summed E-state index contributed by atoms with van der Waals surface area (Å²) in [6, 6.07) is 14.5. The van der Waals surface area contributed by atoms with Crippen molar-refractivity contribution in [3.05, 3.63) is 54.1 Å². The van der Waals surface area contributed by atoms with E-state index in [1.54, 1.807) is 24.3 Å². The van der Waals surface area contributed by atoms with Crippen LogP contribution in [-0.4, -0.2) is 44.2 Å². The predicted octanol–water partition coefficient (Wildman–Crippen LogP) is 5.00. The minimum atomic E-state index is -0.164. The molecule has 1 unspecified atom stereocenters. The summed E-state index contributed by atoms with van der Waals surface area (Å²) in [4.78, 5) is 24.5. The standard InChI is InChI=1S/C27H37N3O4/c1-2-3-4-5-6-17-33-24-15-13-22(14-16-24)28-20-26(31)30-23-11-9-21(10-12-23)27(32)29-19-25-8-7-18-34-25/h9-16,25,28H,2-8,17-20H2,1H3,(H,29,32)(H,30,31). The molecule has 2 aromatic rings. The average molecular weight is 468 g/mol. The zero-order valence-electron chi connectivity index (χ0n) is 20.1. The van der Waals surface area contributed by atoms with E-state index in [2.05, 4.69) is 22.9 Å². The minimum Gasteiger partial charge on any atom is -0.494 e. The second-order valence-corrected chi connectivity index (χ2v) is 8.61. The number of ether oxygens (including phenoxy) is 2. The van der Waals surface area contributed by atoms with Crippen molar-refractivity contribution in [3.63, 3.8) is 0 Å². The number of amides is 2. The van der Waals surface area contributed by atoms with Crippen molar-refractivity contribution >= 4 is 23.2 Å². The number of unbranched alkanes of at least 4 members (excludes halogenated alkanes) is 4. The predicted molar refractivity (Wildman–Crippen MR) is 136 cm³/mol. The largest absolute Gasteiger partial charge is 0.494 e. The van der Waals surface area contributed by atoms with Crippen LogP contribution in [0.1, 0.15) is 62.2 Å². The second-order valence-electron chi connectivity index (χ2n) is 8.61. The summed E-state index contributed by atoms with van der Waals surface area (Å²) in [5.74, 6) is 0.535. The fourth-order valence-corrected chi connectivity index (χ4v) is 3.77. The summed E-state index contributed by atoms with van der Waals surface area (Å²) < 4.78 is 11.3. The van der Waals surface area contributed by atoms with E-state index in [-0.39, 0.29) is 24.5 Å². The first kappa shape index (κ1) is 25.6. The van der Waals surface area contributed by atoms with E-state index in [0.717, 1.165) is 43.9 Å². The quantitative estimate of drug-likeness (QED) is 0.341. The number of rotatable bonds is 14. The minimum absolute atomic E-state index is 0.110. The van der Waals surface area contributed by atoms with Gasteiger partial charge in [-0.05, 0) is 67.8 Å². The Balaban J connectivity index is 1.33. The Morgan fingerprint density at radius 1 is 0.971 bits per heavy atom. The molecule has 3 rings (SSSR count). The van der Waals surface area contributed by atoms with Gasteiger partial charge < -0.3 is 25.4 Å². The third-order valence-corrected chi connectivity index (χ3v) is 5.77. The summed E-state index contributed by atoms with van der Waals surface area (Å²) in [7, 11) is 0. The Kier molecular flexibility index (Phi) is 10.7. The molecule has 0 spiro atoms. The molecule has 1 aliphatic heterocycles. The van der Waals surface area contributed by atoms with Crippen LogP contribution < -0.4 is 20.7 Å². The lowest BCUT2D eigenvalue weighted by Crippen LogP contribution is -2.31. The number of benzene rings is 2. The summed E-state index contributed by atoms with van der Waals surface area (Å²) in [6.07, 6.45) is 8.20. The first-order valence-corrected chi connectivity index (χ1v) is 12.4. The molecular formula is C27H37N3O4. The van der Waals surface area contributed by atoms with Crippen LogP contribution in [0.4, 0.5) is 11.4 Å². The Bertz CT molecular complexity index is 878. The van der Waals surface area contributed by atoms with Gasteiger partial charge in [-0.1, -0.05) is 32.6 Å². The van der Waals surface area contributed by atoms with Crippen molar-refractivity contribution in [1.29, 1.82) is 0 Å². The monoisotopic (exact) mass is 467 g/mol. The molecule has 3 N–H and O–H groups in total. The van der Waals surface area contributed by atoms with Gasteiger partial charge in [0, 0.05) is 30.1 Å². The van der Waals surface area contributed by atoms with Crippen LogP contribution in [0.3, 0.4) is 0 Å². The molecule has 184 valence electrons. The van der Waals surface area contributed by atoms with Crippen molar-refractivity contribution < 1.29 is 19.1 Å². The van der Waals surface area contributed by atoms with Crippen molar-refractivity contribution in [1.82, 2.24) is 5.32 Å². The third kappa shape index (κ3) is 9.06. The van der Waals surface area contributed by atoms with E-state index in [9.17, 15) is 9.59 Å². The Labute approximate surface area is 202 Å². The Morgan fingerprint density at radius 3 is 2.41 bits per heavy atom. The van der Waals surface area contributed by atoms with Gasteiger partial charge in [-0.3, -0.25) is 9.59 Å². The van der Waals surface area contributed by atoms with Gasteiger partial charge in [-0.25, -0.2) is 0 Å². The number of hydrogen-bond acceptors (Lipinski definition) is 5. The molecule has 1 saturated heterocycles. The van der Waals surface area contributed by atoms with Crippen LogP contribution in [0, 0.1) is 0 Å². The average Bonchev–Trinajstić information content (AvgIpc) is 3.38. The molecule has 1 fully saturated rings. The van der Waals surface area contributed by atoms with Crippen LogP contribution in [0.5, 0.6) is 5.75 Å². The molecule has 34 heavy (non-hydrogen) atoms. The third-order valence-electron chi connectivity index (χ3n) is 5.77. The molecule has 0 aromatic heterocycles. The van der Waals surface area contributed by atoms with Crippen LogP contribution in [0.15, 0.2) is 48.5 Å². The molecule has 0 radical (unpaired) electrons. The van der Waals surface area contributed by atoms with Gasteiger partial charge in [0.2, 0.25) is 5.91 Å². The van der Waals surface area contributed by atoms with E-state index >= 15 is 0 Å². The first-order valence-electron chi connectivity index (χ1n) is 12.4. The molecule has 0 bridgehead atoms. The maximum atomic E-state index is 12.3. The fourth-order valence-electron chi connectivity index (χ4n) is 3.77. The highest BCUT2D eigenvalue weighted by molar-refractivity contribution is 5.96. The fraction of sp³-hybridized carbons (Fsp3) is 0.481. The zero-order valence-corrected chi connectivity index (χ0v) is 20.1. The van der Waals surface area contributed by atoms with E-state index < -0.39 is 0 Å². The van der Waals surface area contributed by atoms with Gasteiger partial charge in [-0.15, -0.1) is 0 Å². The molecule has 1 atom stereocenters. The Hall–Kier alpha value is -3.06. The summed E-state index contributed by atoms with van der Waals surface area (Å²) in [5, 5.41) is 8.84. The summed E-state index contributed by atoms with van der Waals surface area (Å²) in [5.41, 5.74) is 2.05. The van der Waals surface area contributed by atoms with Crippen LogP contribution in [0.2, 0.25) is 0 Å². The lowest BCUT2D eigenvalue weighted by molar-refractivity contribution is -0.114. The maximum absolute atomic E-state index is 12.3. The van der Waals surface area contributed by atoms with Crippen molar-refractivity contribution in [2.75, 3.05) is 36.9 Å². The number of anilines is 2. The van der Waals surface area contributed by atoms with Gasteiger partial charge in [0.15, 0.2) is 0 Å². The molecule has 1 heterocycles. The van der Waals surface area contributed by atoms with Crippen molar-refractivity contribution in [3.8, 4) is 5.75 Å². The maximum Gasteiger partial charge on any atom is 0.251 e. The highest BCUT2D eigenvalue weighted by atomic mass is 16.5.